The van der Waals surface area contributed by atoms with Gasteiger partial charge in [-0.2, -0.15) is 0 Å². The maximum absolute atomic E-state index is 11.7. The van der Waals surface area contributed by atoms with E-state index in [1.807, 2.05) is 0 Å². The third kappa shape index (κ3) is 13.0. The molecule has 0 amide bonds. The highest BCUT2D eigenvalue weighted by Crippen LogP contribution is 2.09. The highest BCUT2D eigenvalue weighted by molar-refractivity contribution is 5.85. The number of carbonyl (C=O) groups is 2. The molecule has 0 fully saturated rings. The van der Waals surface area contributed by atoms with Crippen molar-refractivity contribution >= 4 is 11.9 Å². The normalized spacial score (nSPS) is 15.5. The fraction of sp³-hybridized carbons (Fsp3) is 0.900. The summed E-state index contributed by atoms with van der Waals surface area (Å²) >= 11 is 0. The molecule has 0 radical (unpaired) electrons. The highest BCUT2D eigenvalue weighted by Gasteiger charge is 2.33. The number of hydrogen-bond acceptors (Lipinski definition) is 8. The van der Waals surface area contributed by atoms with Gasteiger partial charge in [0.15, 0.2) is 12.2 Å². The molecule has 4 N–H and O–H groups in total. The molecule has 0 aromatic rings. The number of unbranched alkanes of at least 4 members (excludes halogenated alkanes) is 4. The van der Waals surface area contributed by atoms with Gasteiger partial charge in [0.2, 0.25) is 0 Å². The van der Waals surface area contributed by atoms with Crippen molar-refractivity contribution in [3.05, 3.63) is 0 Å². The standard InChI is InChI=1S/C20H38O8/c1-3-5-7-9-15(21)11-13-27-19(25)17(23)18(24)20(26)28-14-12-16(22)10-8-6-4-2/h15-18,21-24H,3-14H2,1-2H3. The number of aliphatic hydroxyl groups is 4. The van der Waals surface area contributed by atoms with Crippen LogP contribution in [0.3, 0.4) is 0 Å². The molecule has 0 aromatic carbocycles. The zero-order valence-corrected chi connectivity index (χ0v) is 17.2. The van der Waals surface area contributed by atoms with Gasteiger partial charge in [-0.1, -0.05) is 52.4 Å². The SMILES string of the molecule is CCCCCC(O)CCOC(=O)C(O)C(O)C(=O)OCCC(O)CCCCC. The molecule has 8 nitrogen and oxygen atoms in total. The fourth-order valence-corrected chi connectivity index (χ4v) is 2.57. The van der Waals surface area contributed by atoms with Gasteiger partial charge in [0, 0.05) is 12.8 Å². The van der Waals surface area contributed by atoms with Crippen LogP contribution < -0.4 is 0 Å². The molecular formula is C20H38O8. The molecule has 4 atom stereocenters. The summed E-state index contributed by atoms with van der Waals surface area (Å²) in [6.45, 7) is 3.88. The Morgan fingerprint density at radius 2 is 1.00 bits per heavy atom. The molecule has 0 aliphatic rings. The lowest BCUT2D eigenvalue weighted by atomic mass is 10.1. The first-order valence-electron chi connectivity index (χ1n) is 10.4. The van der Waals surface area contributed by atoms with Crippen molar-refractivity contribution in [3.63, 3.8) is 0 Å². The monoisotopic (exact) mass is 406 g/mol. The Kier molecular flexibility index (Phi) is 16.0. The topological polar surface area (TPSA) is 134 Å². The number of aliphatic hydroxyl groups excluding tert-OH is 4. The van der Waals surface area contributed by atoms with Crippen LogP contribution in [0.5, 0.6) is 0 Å². The number of carbonyl (C=O) groups excluding carboxylic acids is 2. The smallest absolute Gasteiger partial charge is 0.338 e. The molecule has 28 heavy (non-hydrogen) atoms. The molecule has 0 saturated carbocycles. The van der Waals surface area contributed by atoms with E-state index >= 15 is 0 Å². The van der Waals surface area contributed by atoms with Gasteiger partial charge in [-0.25, -0.2) is 9.59 Å². The number of ether oxygens (including phenoxy) is 2. The lowest BCUT2D eigenvalue weighted by molar-refractivity contribution is -0.173. The average Bonchev–Trinajstić information content (AvgIpc) is 2.67. The first-order chi connectivity index (χ1) is 13.3. The Morgan fingerprint density at radius 1 is 0.643 bits per heavy atom. The number of esters is 2. The van der Waals surface area contributed by atoms with Gasteiger partial charge in [0.25, 0.3) is 0 Å². The summed E-state index contributed by atoms with van der Waals surface area (Å²) in [7, 11) is 0. The van der Waals surface area contributed by atoms with Crippen LogP contribution in [0.2, 0.25) is 0 Å². The minimum Gasteiger partial charge on any atom is -0.464 e. The second-order valence-electron chi connectivity index (χ2n) is 7.10. The van der Waals surface area contributed by atoms with E-state index < -0.39 is 36.4 Å². The van der Waals surface area contributed by atoms with E-state index in [0.29, 0.717) is 12.8 Å². The van der Waals surface area contributed by atoms with Crippen LogP contribution >= 0.6 is 0 Å². The van der Waals surface area contributed by atoms with Gasteiger partial charge in [0.1, 0.15) is 0 Å². The molecule has 0 aromatic heterocycles. The fourth-order valence-electron chi connectivity index (χ4n) is 2.57. The van der Waals surface area contributed by atoms with Gasteiger partial charge < -0.3 is 29.9 Å². The quantitative estimate of drug-likeness (QED) is 0.211. The van der Waals surface area contributed by atoms with Crippen molar-refractivity contribution in [1.82, 2.24) is 0 Å². The predicted octanol–water partition coefficient (Wildman–Crippen LogP) is 1.46. The molecule has 0 heterocycles. The minimum absolute atomic E-state index is 0.116. The zero-order chi connectivity index (χ0) is 21.4. The summed E-state index contributed by atoms with van der Waals surface area (Å²) in [6, 6.07) is 0. The van der Waals surface area contributed by atoms with Crippen molar-refractivity contribution in [2.24, 2.45) is 0 Å². The lowest BCUT2D eigenvalue weighted by Crippen LogP contribution is -2.42. The third-order valence-electron chi connectivity index (χ3n) is 4.45. The second-order valence-corrected chi connectivity index (χ2v) is 7.10. The molecule has 0 saturated heterocycles. The highest BCUT2D eigenvalue weighted by atomic mass is 16.6. The molecule has 0 aliphatic heterocycles. The summed E-state index contributed by atoms with van der Waals surface area (Å²) in [6.07, 6.45) is 2.21. The second kappa shape index (κ2) is 16.7. The van der Waals surface area contributed by atoms with Crippen molar-refractivity contribution in [1.29, 1.82) is 0 Å². The van der Waals surface area contributed by atoms with Crippen molar-refractivity contribution in [2.45, 2.75) is 102 Å². The van der Waals surface area contributed by atoms with Gasteiger partial charge >= 0.3 is 11.9 Å². The van der Waals surface area contributed by atoms with Crippen LogP contribution in [0.15, 0.2) is 0 Å². The van der Waals surface area contributed by atoms with Crippen LogP contribution in [0.1, 0.15) is 78.1 Å². The van der Waals surface area contributed by atoms with E-state index in [0.717, 1.165) is 38.5 Å². The Labute approximate surface area is 167 Å². The Hall–Kier alpha value is -1.22. The third-order valence-corrected chi connectivity index (χ3v) is 4.45. The van der Waals surface area contributed by atoms with E-state index in [1.54, 1.807) is 0 Å². The van der Waals surface area contributed by atoms with Gasteiger partial charge in [-0.05, 0) is 12.8 Å². The van der Waals surface area contributed by atoms with Crippen LogP contribution in [0.25, 0.3) is 0 Å². The molecule has 0 bridgehead atoms. The number of hydrogen-bond donors (Lipinski definition) is 4. The van der Waals surface area contributed by atoms with Crippen LogP contribution in [-0.4, -0.2) is 70.0 Å². The summed E-state index contributed by atoms with van der Waals surface area (Å²) in [5.41, 5.74) is 0. The first kappa shape index (κ1) is 26.8. The largest absolute Gasteiger partial charge is 0.464 e. The summed E-state index contributed by atoms with van der Waals surface area (Å²) in [4.78, 5) is 23.4. The molecule has 0 aliphatic carbocycles. The summed E-state index contributed by atoms with van der Waals surface area (Å²) < 4.78 is 9.59. The van der Waals surface area contributed by atoms with Crippen LogP contribution in [-0.2, 0) is 19.1 Å². The van der Waals surface area contributed by atoms with Crippen LogP contribution in [0, 0.1) is 0 Å². The zero-order valence-electron chi connectivity index (χ0n) is 17.2. The van der Waals surface area contributed by atoms with Crippen LogP contribution in [0.4, 0.5) is 0 Å². The van der Waals surface area contributed by atoms with E-state index in [-0.39, 0.29) is 26.1 Å². The molecule has 0 spiro atoms. The van der Waals surface area contributed by atoms with E-state index in [1.165, 1.54) is 0 Å². The van der Waals surface area contributed by atoms with Gasteiger partial charge in [0.05, 0.1) is 25.4 Å². The maximum Gasteiger partial charge on any atom is 0.338 e. The predicted molar refractivity (Wildman–Crippen MR) is 103 cm³/mol. The lowest BCUT2D eigenvalue weighted by Gasteiger charge is -2.17. The molecule has 0 rings (SSSR count). The van der Waals surface area contributed by atoms with E-state index in [9.17, 15) is 30.0 Å². The average molecular weight is 407 g/mol. The molecular weight excluding hydrogens is 368 g/mol. The van der Waals surface area contributed by atoms with E-state index in [4.69, 9.17) is 9.47 Å². The Balaban J connectivity index is 4.01. The maximum atomic E-state index is 11.7. The number of rotatable bonds is 17. The first-order valence-corrected chi connectivity index (χ1v) is 10.4. The Bertz CT molecular complexity index is 377. The summed E-state index contributed by atoms with van der Waals surface area (Å²) in [5.74, 6) is -2.30. The van der Waals surface area contributed by atoms with E-state index in [2.05, 4.69) is 13.8 Å². The van der Waals surface area contributed by atoms with Gasteiger partial charge in [-0.3, -0.25) is 0 Å². The molecule has 4 unspecified atom stereocenters. The van der Waals surface area contributed by atoms with Crippen molar-refractivity contribution < 1.29 is 39.5 Å². The Morgan fingerprint density at radius 3 is 1.32 bits per heavy atom. The summed E-state index contributed by atoms with van der Waals surface area (Å²) in [5, 5.41) is 38.9. The minimum atomic E-state index is -2.06. The van der Waals surface area contributed by atoms with Gasteiger partial charge in [-0.15, -0.1) is 0 Å². The van der Waals surface area contributed by atoms with Crippen molar-refractivity contribution in [2.75, 3.05) is 13.2 Å². The van der Waals surface area contributed by atoms with Crippen molar-refractivity contribution in [3.8, 4) is 0 Å². The molecule has 166 valence electrons. The molecule has 8 heteroatoms.